The second-order valence-corrected chi connectivity index (χ2v) is 4.20. The van der Waals surface area contributed by atoms with Crippen LogP contribution in [0.25, 0.3) is 0 Å². The third-order valence-corrected chi connectivity index (χ3v) is 2.59. The molecule has 0 saturated carbocycles. The van der Waals surface area contributed by atoms with Crippen molar-refractivity contribution in [1.82, 2.24) is 10.7 Å². The standard InChI is InChI=1S/C14H13N3O5/c18-10-4-3-9(12(19)6-10)7-16-17-14(21)13(20)15-8-11-2-1-5-22-11/h1-7,18-19H,8H2,(H,15,20)(H,17,21)/b16-7+. The molecule has 2 aromatic rings. The Morgan fingerprint density at radius 1 is 1.23 bits per heavy atom. The Labute approximate surface area is 125 Å². The molecule has 8 nitrogen and oxygen atoms in total. The van der Waals surface area contributed by atoms with E-state index < -0.39 is 11.8 Å². The lowest BCUT2D eigenvalue weighted by atomic mass is 10.2. The molecule has 0 aliphatic carbocycles. The largest absolute Gasteiger partial charge is 0.508 e. The van der Waals surface area contributed by atoms with Crippen LogP contribution in [-0.2, 0) is 16.1 Å². The first kappa shape index (κ1) is 15.1. The van der Waals surface area contributed by atoms with E-state index in [2.05, 4.69) is 10.4 Å². The predicted molar refractivity (Wildman–Crippen MR) is 76.1 cm³/mol. The summed E-state index contributed by atoms with van der Waals surface area (Å²) >= 11 is 0. The van der Waals surface area contributed by atoms with Crippen molar-refractivity contribution >= 4 is 18.0 Å². The first-order chi connectivity index (χ1) is 10.6. The Hall–Kier alpha value is -3.29. The van der Waals surface area contributed by atoms with Gasteiger partial charge in [-0.2, -0.15) is 5.10 Å². The van der Waals surface area contributed by atoms with Gasteiger partial charge in [-0.1, -0.05) is 0 Å². The first-order valence-electron chi connectivity index (χ1n) is 6.22. The maximum absolute atomic E-state index is 11.5. The van der Waals surface area contributed by atoms with Crippen LogP contribution in [0.15, 0.2) is 46.1 Å². The molecule has 1 aromatic heterocycles. The molecular formula is C14H13N3O5. The van der Waals surface area contributed by atoms with Gasteiger partial charge in [0.1, 0.15) is 17.3 Å². The van der Waals surface area contributed by atoms with Gasteiger partial charge in [-0.15, -0.1) is 0 Å². The summed E-state index contributed by atoms with van der Waals surface area (Å²) in [5, 5.41) is 24.5. The number of hydrazone groups is 1. The molecule has 0 spiro atoms. The van der Waals surface area contributed by atoms with Crippen molar-refractivity contribution in [2.45, 2.75) is 6.54 Å². The third kappa shape index (κ3) is 4.10. The van der Waals surface area contributed by atoms with Gasteiger partial charge in [-0.25, -0.2) is 5.43 Å². The quantitative estimate of drug-likeness (QED) is 0.371. The molecule has 2 amide bonds. The van der Waals surface area contributed by atoms with E-state index >= 15 is 0 Å². The molecule has 0 radical (unpaired) electrons. The fourth-order valence-corrected chi connectivity index (χ4v) is 1.51. The van der Waals surface area contributed by atoms with Crippen LogP contribution in [0.5, 0.6) is 11.5 Å². The predicted octanol–water partition coefficient (Wildman–Crippen LogP) is 0.457. The SMILES string of the molecule is O=C(NCc1ccco1)C(=O)N/N=C/c1ccc(O)cc1O. The highest BCUT2D eigenvalue weighted by Crippen LogP contribution is 2.20. The van der Waals surface area contributed by atoms with Crippen molar-refractivity contribution in [3.8, 4) is 11.5 Å². The van der Waals surface area contributed by atoms with E-state index in [0.717, 1.165) is 12.3 Å². The fourth-order valence-electron chi connectivity index (χ4n) is 1.51. The van der Waals surface area contributed by atoms with E-state index in [1.54, 1.807) is 12.1 Å². The Morgan fingerprint density at radius 2 is 2.05 bits per heavy atom. The Bertz CT molecular complexity index is 695. The van der Waals surface area contributed by atoms with Crippen LogP contribution in [0.4, 0.5) is 0 Å². The molecule has 114 valence electrons. The molecule has 2 rings (SSSR count). The van der Waals surface area contributed by atoms with Crippen molar-refractivity contribution in [3.63, 3.8) is 0 Å². The average Bonchev–Trinajstić information content (AvgIpc) is 3.00. The summed E-state index contributed by atoms with van der Waals surface area (Å²) in [5.74, 6) is -1.63. The number of amides is 2. The van der Waals surface area contributed by atoms with Crippen LogP contribution < -0.4 is 10.7 Å². The van der Waals surface area contributed by atoms with Crippen molar-refractivity contribution in [3.05, 3.63) is 47.9 Å². The number of nitrogens with zero attached hydrogens (tertiary/aromatic N) is 1. The maximum Gasteiger partial charge on any atom is 0.329 e. The van der Waals surface area contributed by atoms with Crippen molar-refractivity contribution in [2.24, 2.45) is 5.10 Å². The second-order valence-electron chi connectivity index (χ2n) is 4.20. The molecule has 0 aliphatic rings. The number of phenols is 2. The summed E-state index contributed by atoms with van der Waals surface area (Å²) in [6.45, 7) is 0.0850. The first-order valence-corrected chi connectivity index (χ1v) is 6.22. The van der Waals surface area contributed by atoms with Crippen LogP contribution in [0.3, 0.4) is 0 Å². The van der Waals surface area contributed by atoms with Gasteiger partial charge in [0, 0.05) is 11.6 Å². The van der Waals surface area contributed by atoms with Crippen molar-refractivity contribution < 1.29 is 24.2 Å². The fraction of sp³-hybridized carbons (Fsp3) is 0.0714. The molecule has 0 unspecified atom stereocenters. The van der Waals surface area contributed by atoms with Gasteiger partial charge < -0.3 is 19.9 Å². The minimum atomic E-state index is -0.957. The maximum atomic E-state index is 11.5. The van der Waals surface area contributed by atoms with E-state index in [-0.39, 0.29) is 23.6 Å². The summed E-state index contributed by atoms with van der Waals surface area (Å²) in [6.07, 6.45) is 2.60. The lowest BCUT2D eigenvalue weighted by molar-refractivity contribution is -0.139. The molecule has 0 aliphatic heterocycles. The smallest absolute Gasteiger partial charge is 0.329 e. The van der Waals surface area contributed by atoms with Crippen LogP contribution in [0.1, 0.15) is 11.3 Å². The molecule has 22 heavy (non-hydrogen) atoms. The Morgan fingerprint density at radius 3 is 2.73 bits per heavy atom. The van der Waals surface area contributed by atoms with Gasteiger partial charge in [0.15, 0.2) is 0 Å². The number of carbonyl (C=O) groups excluding carboxylic acids is 2. The summed E-state index contributed by atoms with van der Waals surface area (Å²) in [6, 6.07) is 7.19. The summed E-state index contributed by atoms with van der Waals surface area (Å²) < 4.78 is 5.00. The normalized spacial score (nSPS) is 10.5. The number of hydrogen-bond acceptors (Lipinski definition) is 6. The highest BCUT2D eigenvalue weighted by molar-refractivity contribution is 6.35. The molecule has 1 aromatic carbocycles. The lowest BCUT2D eigenvalue weighted by Crippen LogP contribution is -2.37. The van der Waals surface area contributed by atoms with Crippen LogP contribution in [0, 0.1) is 0 Å². The number of rotatable bonds is 4. The molecule has 0 fully saturated rings. The summed E-state index contributed by atoms with van der Waals surface area (Å²) in [5.41, 5.74) is 2.29. The number of phenolic OH excluding ortho intramolecular Hbond substituents is 2. The number of benzene rings is 1. The van der Waals surface area contributed by atoms with Gasteiger partial charge in [-0.05, 0) is 24.3 Å². The number of furan rings is 1. The monoisotopic (exact) mass is 303 g/mol. The van der Waals surface area contributed by atoms with E-state index in [4.69, 9.17) is 9.52 Å². The highest BCUT2D eigenvalue weighted by Gasteiger charge is 2.12. The minimum absolute atomic E-state index is 0.0850. The van der Waals surface area contributed by atoms with E-state index in [1.807, 2.05) is 5.43 Å². The highest BCUT2D eigenvalue weighted by atomic mass is 16.3. The second kappa shape index (κ2) is 6.93. The molecule has 0 bridgehead atoms. The van der Waals surface area contributed by atoms with Gasteiger partial charge in [-0.3, -0.25) is 9.59 Å². The average molecular weight is 303 g/mol. The van der Waals surface area contributed by atoms with Gasteiger partial charge >= 0.3 is 11.8 Å². The zero-order valence-corrected chi connectivity index (χ0v) is 11.3. The molecule has 1 heterocycles. The van der Waals surface area contributed by atoms with Crippen LogP contribution >= 0.6 is 0 Å². The number of carbonyl (C=O) groups is 2. The van der Waals surface area contributed by atoms with Crippen molar-refractivity contribution in [2.75, 3.05) is 0 Å². The molecular weight excluding hydrogens is 290 g/mol. The van der Waals surface area contributed by atoms with Crippen molar-refractivity contribution in [1.29, 1.82) is 0 Å². The van der Waals surface area contributed by atoms with Gasteiger partial charge in [0.25, 0.3) is 0 Å². The van der Waals surface area contributed by atoms with Gasteiger partial charge in [0.2, 0.25) is 0 Å². The number of hydrogen-bond donors (Lipinski definition) is 4. The number of nitrogens with one attached hydrogen (secondary N) is 2. The minimum Gasteiger partial charge on any atom is -0.508 e. The molecule has 4 N–H and O–H groups in total. The van der Waals surface area contributed by atoms with E-state index in [1.165, 1.54) is 18.4 Å². The number of aromatic hydroxyl groups is 2. The molecule has 0 saturated heterocycles. The van der Waals surface area contributed by atoms with Crippen LogP contribution in [0.2, 0.25) is 0 Å². The Kier molecular flexibility index (Phi) is 4.76. The third-order valence-electron chi connectivity index (χ3n) is 2.59. The van der Waals surface area contributed by atoms with E-state index in [9.17, 15) is 14.7 Å². The summed E-state index contributed by atoms with van der Waals surface area (Å²) in [4.78, 5) is 22.9. The zero-order chi connectivity index (χ0) is 15.9. The molecule has 8 heteroatoms. The topological polar surface area (TPSA) is 124 Å². The van der Waals surface area contributed by atoms with E-state index in [0.29, 0.717) is 5.76 Å². The molecule has 0 atom stereocenters. The zero-order valence-electron chi connectivity index (χ0n) is 11.3. The van der Waals surface area contributed by atoms with Gasteiger partial charge in [0.05, 0.1) is 19.0 Å². The Balaban J connectivity index is 1.83. The summed E-state index contributed by atoms with van der Waals surface area (Å²) in [7, 11) is 0. The van der Waals surface area contributed by atoms with Crippen LogP contribution in [-0.4, -0.2) is 28.2 Å². The lowest BCUT2D eigenvalue weighted by Gasteiger charge is -2.02.